The second-order valence-corrected chi connectivity index (χ2v) is 6.64. The zero-order valence-corrected chi connectivity index (χ0v) is 11.9. The van der Waals surface area contributed by atoms with Crippen LogP contribution in [0.15, 0.2) is 24.3 Å². The van der Waals surface area contributed by atoms with Crippen LogP contribution in [-0.2, 0) is 16.6 Å². The summed E-state index contributed by atoms with van der Waals surface area (Å²) in [7, 11) is 0. The maximum Gasteiger partial charge on any atom is 0.196 e. The summed E-state index contributed by atoms with van der Waals surface area (Å²) in [6, 6.07) is 3.29. The zero-order valence-electron chi connectivity index (χ0n) is 11.9. The van der Waals surface area contributed by atoms with Gasteiger partial charge in [0.05, 0.1) is 5.41 Å². The van der Waals surface area contributed by atoms with E-state index in [4.69, 9.17) is 4.74 Å². The number of ether oxygens (including phenoxy) is 1. The fraction of sp³-hybridized carbons (Fsp3) is 0.412. The van der Waals surface area contributed by atoms with Crippen molar-refractivity contribution >= 4 is 12.0 Å². The molecule has 2 aliphatic heterocycles. The number of phenolic OH excluding ortho intramolecular Hbond substituents is 1. The molecule has 0 aromatic heterocycles. The van der Waals surface area contributed by atoms with Gasteiger partial charge in [0.15, 0.2) is 35.0 Å². The number of carbonyl (C=O) groups excluding carboxylic acids is 1. The van der Waals surface area contributed by atoms with E-state index in [1.54, 1.807) is 12.1 Å². The van der Waals surface area contributed by atoms with Gasteiger partial charge in [-0.05, 0) is 30.2 Å². The molecule has 4 aliphatic rings. The Hall–Kier alpha value is -2.14. The fourth-order valence-corrected chi connectivity index (χ4v) is 4.87. The number of ketones is 1. The van der Waals surface area contributed by atoms with E-state index in [1.807, 2.05) is 12.3 Å². The van der Waals surface area contributed by atoms with Gasteiger partial charge in [-0.3, -0.25) is 4.79 Å². The van der Waals surface area contributed by atoms with Crippen molar-refractivity contribution in [3.8, 4) is 11.5 Å². The average molecular weight is 298 g/mol. The number of hydrogen-bond acceptors (Lipinski definition) is 4. The Labute approximate surface area is 126 Å². The highest BCUT2D eigenvalue weighted by Gasteiger charge is 2.71. The minimum atomic E-state index is -1.19. The molecule has 2 heterocycles. The first-order valence-electron chi connectivity index (χ1n) is 7.63. The van der Waals surface area contributed by atoms with E-state index in [1.165, 1.54) is 6.08 Å². The van der Waals surface area contributed by atoms with E-state index in [2.05, 4.69) is 4.99 Å². The van der Waals surface area contributed by atoms with Crippen molar-refractivity contribution < 1.29 is 24.7 Å². The molecule has 112 valence electrons. The van der Waals surface area contributed by atoms with Gasteiger partial charge in [-0.15, -0.1) is 0 Å². The van der Waals surface area contributed by atoms with E-state index in [0.717, 1.165) is 17.5 Å². The minimum Gasteiger partial charge on any atom is -0.504 e. The molecule has 22 heavy (non-hydrogen) atoms. The molecule has 2 bridgehead atoms. The topological polar surface area (TPSA) is 80.7 Å². The van der Waals surface area contributed by atoms with Crippen LogP contribution in [0.2, 0.25) is 0 Å². The summed E-state index contributed by atoms with van der Waals surface area (Å²) in [6.07, 6.45) is 6.23. The third-order valence-electron chi connectivity index (χ3n) is 5.78. The molecule has 3 N–H and O–H groups in total. The van der Waals surface area contributed by atoms with Crippen molar-refractivity contribution in [1.29, 1.82) is 0 Å². The van der Waals surface area contributed by atoms with Crippen LogP contribution in [0.25, 0.3) is 0 Å². The number of benzene rings is 1. The Bertz CT molecular complexity index is 783. The van der Waals surface area contributed by atoms with Gasteiger partial charge < -0.3 is 14.9 Å². The molecule has 0 saturated heterocycles. The van der Waals surface area contributed by atoms with Gasteiger partial charge in [-0.2, -0.15) is 0 Å². The van der Waals surface area contributed by atoms with Crippen molar-refractivity contribution in [2.45, 2.75) is 42.4 Å². The molecule has 5 nitrogen and oxygen atoms in total. The van der Waals surface area contributed by atoms with Crippen LogP contribution in [0.1, 0.15) is 24.0 Å². The molecular formula is C17H16NO4+. The van der Waals surface area contributed by atoms with Crippen molar-refractivity contribution in [3.05, 3.63) is 35.4 Å². The van der Waals surface area contributed by atoms with Gasteiger partial charge in [0.1, 0.15) is 6.21 Å². The van der Waals surface area contributed by atoms with Crippen molar-refractivity contribution in [2.24, 2.45) is 0 Å². The number of carbonyl (C=O) groups is 1. The summed E-state index contributed by atoms with van der Waals surface area (Å²) in [5.41, 5.74) is -0.141. The van der Waals surface area contributed by atoms with Crippen LogP contribution in [0, 0.1) is 0 Å². The molecule has 0 fully saturated rings. The number of rotatable bonds is 0. The number of phenols is 1. The molecule has 1 aromatic carbocycles. The maximum absolute atomic E-state index is 12.5. The van der Waals surface area contributed by atoms with Crippen molar-refractivity contribution in [1.82, 2.24) is 0 Å². The standard InChI is InChI=1S/C17H15NO4/c19-10-3-2-9-8-12-17(21)6-4-11(20)15-16(17,5-1-7-18-12)13(9)14(10)22-15/h2-4,6-7,12,15,19,21H,1,5,8H2/p+1/t12-,15+,16+,17-/m1/s1. The average Bonchev–Trinajstić information content (AvgIpc) is 2.83. The summed E-state index contributed by atoms with van der Waals surface area (Å²) < 4.78 is 5.89. The Morgan fingerprint density at radius 1 is 1.36 bits per heavy atom. The number of nitrogens with one attached hydrogen (secondary N) is 1. The van der Waals surface area contributed by atoms with Crippen molar-refractivity contribution in [3.63, 3.8) is 0 Å². The molecule has 1 aromatic rings. The SMILES string of the molecule is O=C1C=C[C@@]2(O)[C@H]3Cc4ccc(O)c5c4[C@@]2(CCC=[NH+]3)[C@H]1O5. The highest BCUT2D eigenvalue weighted by Crippen LogP contribution is 2.61. The molecule has 0 radical (unpaired) electrons. The van der Waals surface area contributed by atoms with E-state index in [0.29, 0.717) is 18.6 Å². The number of hydrogen-bond donors (Lipinski definition) is 3. The Morgan fingerprint density at radius 2 is 2.23 bits per heavy atom. The second-order valence-electron chi connectivity index (χ2n) is 6.64. The predicted molar refractivity (Wildman–Crippen MR) is 77.1 cm³/mol. The molecule has 5 heteroatoms. The smallest absolute Gasteiger partial charge is 0.196 e. The highest BCUT2D eigenvalue weighted by molar-refractivity contribution is 5.99. The first kappa shape index (κ1) is 12.4. The monoisotopic (exact) mass is 298 g/mol. The summed E-state index contributed by atoms with van der Waals surface area (Å²) in [4.78, 5) is 15.8. The van der Waals surface area contributed by atoms with Crippen molar-refractivity contribution in [2.75, 3.05) is 0 Å². The Balaban J connectivity index is 1.93. The van der Waals surface area contributed by atoms with Crippen LogP contribution >= 0.6 is 0 Å². The van der Waals surface area contributed by atoms with Crippen LogP contribution in [-0.4, -0.2) is 40.0 Å². The lowest BCUT2D eigenvalue weighted by molar-refractivity contribution is -0.524. The Morgan fingerprint density at radius 3 is 3.09 bits per heavy atom. The molecule has 0 amide bonds. The molecule has 0 saturated carbocycles. The third kappa shape index (κ3) is 1.10. The van der Waals surface area contributed by atoms with Gasteiger partial charge in [0.2, 0.25) is 0 Å². The number of aromatic hydroxyl groups is 1. The first-order valence-corrected chi connectivity index (χ1v) is 7.63. The number of aliphatic hydroxyl groups is 1. The fourth-order valence-electron chi connectivity index (χ4n) is 4.87. The van der Waals surface area contributed by atoms with E-state index < -0.39 is 17.1 Å². The zero-order chi connectivity index (χ0) is 15.1. The lowest BCUT2D eigenvalue weighted by Crippen LogP contribution is -2.87. The summed E-state index contributed by atoms with van der Waals surface area (Å²) in [5, 5.41) is 21.7. The minimum absolute atomic E-state index is 0.0392. The van der Waals surface area contributed by atoms with Crippen LogP contribution < -0.4 is 9.73 Å². The predicted octanol–water partition coefficient (Wildman–Crippen LogP) is -0.869. The van der Waals surface area contributed by atoms with Gasteiger partial charge in [-0.25, -0.2) is 4.99 Å². The summed E-state index contributed by atoms with van der Waals surface area (Å²) in [5.74, 6) is 0.268. The molecule has 0 unspecified atom stereocenters. The summed E-state index contributed by atoms with van der Waals surface area (Å²) >= 11 is 0. The quantitative estimate of drug-likeness (QED) is 0.582. The first-order chi connectivity index (χ1) is 10.6. The summed E-state index contributed by atoms with van der Waals surface area (Å²) in [6.45, 7) is 0. The van der Waals surface area contributed by atoms with Gasteiger partial charge in [-0.1, -0.05) is 6.07 Å². The highest BCUT2D eigenvalue weighted by atomic mass is 16.5. The lowest BCUT2D eigenvalue weighted by atomic mass is 9.53. The van der Waals surface area contributed by atoms with Crippen LogP contribution in [0.3, 0.4) is 0 Å². The normalized spacial score (nSPS) is 40.1. The van der Waals surface area contributed by atoms with E-state index in [-0.39, 0.29) is 17.6 Å². The van der Waals surface area contributed by atoms with Gasteiger partial charge in [0.25, 0.3) is 0 Å². The molecule has 4 atom stereocenters. The van der Waals surface area contributed by atoms with E-state index in [9.17, 15) is 15.0 Å². The molecular weight excluding hydrogens is 282 g/mol. The lowest BCUT2D eigenvalue weighted by Gasteiger charge is -2.50. The molecule has 1 spiro atoms. The maximum atomic E-state index is 12.5. The van der Waals surface area contributed by atoms with Gasteiger partial charge >= 0.3 is 0 Å². The van der Waals surface area contributed by atoms with Crippen LogP contribution in [0.5, 0.6) is 11.5 Å². The second kappa shape index (κ2) is 3.60. The largest absolute Gasteiger partial charge is 0.504 e. The van der Waals surface area contributed by atoms with Gasteiger partial charge in [0, 0.05) is 18.4 Å². The van der Waals surface area contributed by atoms with E-state index >= 15 is 0 Å². The van der Waals surface area contributed by atoms with Crippen LogP contribution in [0.4, 0.5) is 0 Å². The molecule has 2 aliphatic carbocycles. The molecule has 5 rings (SSSR count). The Kier molecular flexibility index (Phi) is 2.03. The third-order valence-corrected chi connectivity index (χ3v) is 5.78.